The molecular weight excluding hydrogens is 328 g/mol. The number of carbonyl (C=O) groups excluding carboxylic acids is 1. The molecule has 0 aliphatic carbocycles. The molecule has 0 fully saturated rings. The van der Waals surface area contributed by atoms with E-state index >= 15 is 0 Å². The third kappa shape index (κ3) is 4.35. The van der Waals surface area contributed by atoms with Crippen molar-refractivity contribution in [2.45, 2.75) is 32.9 Å². The summed E-state index contributed by atoms with van der Waals surface area (Å²) in [7, 11) is 1.64. The molecule has 5 nitrogen and oxygen atoms in total. The quantitative estimate of drug-likeness (QED) is 0.853. The van der Waals surface area contributed by atoms with Crippen molar-refractivity contribution in [3.8, 4) is 5.75 Å². The zero-order valence-corrected chi connectivity index (χ0v) is 15.6. The Kier molecular flexibility index (Phi) is 5.78. The van der Waals surface area contributed by atoms with Crippen molar-refractivity contribution in [1.29, 1.82) is 0 Å². The van der Waals surface area contributed by atoms with Gasteiger partial charge in [0.1, 0.15) is 11.9 Å². The summed E-state index contributed by atoms with van der Waals surface area (Å²) in [6.45, 7) is 5.68. The number of anilines is 1. The number of methoxy groups -OCH3 is 1. The Hall–Kier alpha value is -2.53. The van der Waals surface area contributed by atoms with E-state index in [0.29, 0.717) is 19.7 Å². The lowest BCUT2D eigenvalue weighted by Crippen LogP contribution is -2.37. The predicted octanol–water partition coefficient (Wildman–Crippen LogP) is 4.00. The third-order valence-corrected chi connectivity index (χ3v) is 4.62. The van der Waals surface area contributed by atoms with Crippen LogP contribution in [0.4, 0.5) is 10.5 Å². The number of nitrogens with one attached hydrogen (secondary N) is 1. The summed E-state index contributed by atoms with van der Waals surface area (Å²) in [6, 6.07) is 13.8. The molecule has 138 valence electrons. The van der Waals surface area contributed by atoms with E-state index in [1.54, 1.807) is 12.0 Å². The van der Waals surface area contributed by atoms with Crippen LogP contribution >= 0.6 is 0 Å². The predicted molar refractivity (Wildman–Crippen MR) is 103 cm³/mol. The van der Waals surface area contributed by atoms with E-state index in [2.05, 4.69) is 24.4 Å². The average molecular weight is 354 g/mol. The van der Waals surface area contributed by atoms with Gasteiger partial charge < -0.3 is 19.7 Å². The first-order chi connectivity index (χ1) is 12.6. The number of nitrogens with zero attached hydrogens (tertiary/aromatic N) is 1. The zero-order valence-electron chi connectivity index (χ0n) is 15.6. The maximum absolute atomic E-state index is 12.8. The van der Waals surface area contributed by atoms with Gasteiger partial charge in [-0.05, 0) is 48.7 Å². The van der Waals surface area contributed by atoms with Crippen molar-refractivity contribution in [2.24, 2.45) is 0 Å². The fourth-order valence-corrected chi connectivity index (χ4v) is 3.15. The number of rotatable bonds is 6. The van der Waals surface area contributed by atoms with Crippen LogP contribution in [0.5, 0.6) is 5.75 Å². The minimum atomic E-state index is -0.128. The highest BCUT2D eigenvalue weighted by molar-refractivity contribution is 5.89. The van der Waals surface area contributed by atoms with E-state index in [1.807, 2.05) is 37.3 Å². The van der Waals surface area contributed by atoms with Crippen molar-refractivity contribution in [2.75, 3.05) is 25.6 Å². The van der Waals surface area contributed by atoms with Gasteiger partial charge in [0.15, 0.2) is 0 Å². The maximum Gasteiger partial charge on any atom is 0.322 e. The van der Waals surface area contributed by atoms with Gasteiger partial charge in [-0.2, -0.15) is 0 Å². The van der Waals surface area contributed by atoms with Crippen molar-refractivity contribution in [3.05, 3.63) is 59.2 Å². The fourth-order valence-electron chi connectivity index (χ4n) is 3.15. The number of fused-ring (bicyclic) bond motifs is 1. The van der Waals surface area contributed by atoms with Gasteiger partial charge >= 0.3 is 6.03 Å². The molecule has 0 radical (unpaired) electrons. The average Bonchev–Trinajstić information content (AvgIpc) is 2.99. The van der Waals surface area contributed by atoms with E-state index < -0.39 is 0 Å². The summed E-state index contributed by atoms with van der Waals surface area (Å²) in [5.41, 5.74) is 4.23. The van der Waals surface area contributed by atoms with E-state index in [9.17, 15) is 4.79 Å². The summed E-state index contributed by atoms with van der Waals surface area (Å²) in [4.78, 5) is 14.6. The second-order valence-electron chi connectivity index (χ2n) is 6.73. The molecule has 0 bridgehead atoms. The Morgan fingerprint density at radius 1 is 1.31 bits per heavy atom. The van der Waals surface area contributed by atoms with Crippen LogP contribution in [0, 0.1) is 6.92 Å². The van der Waals surface area contributed by atoms with Gasteiger partial charge in [0.2, 0.25) is 0 Å². The molecule has 1 atom stereocenters. The van der Waals surface area contributed by atoms with Crippen LogP contribution in [0.2, 0.25) is 0 Å². The summed E-state index contributed by atoms with van der Waals surface area (Å²) in [5.74, 6) is 0.909. The molecular formula is C21H26N2O3. The molecule has 3 rings (SSSR count). The lowest BCUT2D eigenvalue weighted by molar-refractivity contribution is 0.152. The summed E-state index contributed by atoms with van der Waals surface area (Å²) in [6.07, 6.45) is 1.06. The molecule has 0 saturated heterocycles. The summed E-state index contributed by atoms with van der Waals surface area (Å²) in [5, 5.41) is 3.01. The largest absolute Gasteiger partial charge is 0.490 e. The standard InChI is InChI=1S/C21H26N2O3/c1-15-6-4-5-7-17(15)14-23(10-11-25-3)21(24)22-19-8-9-20-18(13-19)12-16(2)26-20/h4-9,13,16H,10-12,14H2,1-3H3,(H,22,24). The fraction of sp³-hybridized carbons (Fsp3) is 0.381. The minimum absolute atomic E-state index is 0.128. The van der Waals surface area contributed by atoms with Gasteiger partial charge in [-0.1, -0.05) is 24.3 Å². The number of amides is 2. The smallest absolute Gasteiger partial charge is 0.322 e. The van der Waals surface area contributed by atoms with E-state index in [0.717, 1.165) is 29.0 Å². The maximum atomic E-state index is 12.8. The highest BCUT2D eigenvalue weighted by Gasteiger charge is 2.20. The van der Waals surface area contributed by atoms with Crippen molar-refractivity contribution < 1.29 is 14.3 Å². The molecule has 1 N–H and O–H groups in total. The highest BCUT2D eigenvalue weighted by atomic mass is 16.5. The number of aryl methyl sites for hydroxylation is 1. The van der Waals surface area contributed by atoms with Crippen molar-refractivity contribution in [3.63, 3.8) is 0 Å². The number of hydrogen-bond donors (Lipinski definition) is 1. The van der Waals surface area contributed by atoms with Gasteiger partial charge in [-0.15, -0.1) is 0 Å². The van der Waals surface area contributed by atoms with Crippen LogP contribution in [0.15, 0.2) is 42.5 Å². The SMILES string of the molecule is COCCN(Cc1ccccc1C)C(=O)Nc1ccc2c(c1)CC(C)O2. The topological polar surface area (TPSA) is 50.8 Å². The molecule has 2 aromatic rings. The number of urea groups is 1. The minimum Gasteiger partial charge on any atom is -0.490 e. The number of benzene rings is 2. The third-order valence-electron chi connectivity index (χ3n) is 4.62. The first-order valence-corrected chi connectivity index (χ1v) is 8.96. The summed E-state index contributed by atoms with van der Waals surface area (Å²) < 4.78 is 10.9. The highest BCUT2D eigenvalue weighted by Crippen LogP contribution is 2.31. The van der Waals surface area contributed by atoms with Gasteiger partial charge in [-0.25, -0.2) is 4.79 Å². The van der Waals surface area contributed by atoms with Crippen LogP contribution in [-0.4, -0.2) is 37.3 Å². The second-order valence-corrected chi connectivity index (χ2v) is 6.73. The first-order valence-electron chi connectivity index (χ1n) is 8.96. The molecule has 1 unspecified atom stereocenters. The molecule has 0 saturated carbocycles. The number of hydrogen-bond acceptors (Lipinski definition) is 3. The van der Waals surface area contributed by atoms with Gasteiger partial charge in [-0.3, -0.25) is 0 Å². The Balaban J connectivity index is 1.71. The van der Waals surface area contributed by atoms with E-state index in [1.165, 1.54) is 5.56 Å². The number of ether oxygens (including phenoxy) is 2. The van der Waals surface area contributed by atoms with Crippen LogP contribution < -0.4 is 10.1 Å². The monoisotopic (exact) mass is 354 g/mol. The number of carbonyl (C=O) groups is 1. The van der Waals surface area contributed by atoms with Crippen molar-refractivity contribution in [1.82, 2.24) is 4.90 Å². The normalized spacial score (nSPS) is 15.3. The van der Waals surface area contributed by atoms with Gasteiger partial charge in [0.25, 0.3) is 0 Å². The first kappa shape index (κ1) is 18.3. The van der Waals surface area contributed by atoms with Crippen LogP contribution in [0.3, 0.4) is 0 Å². The summed E-state index contributed by atoms with van der Waals surface area (Å²) >= 11 is 0. The Labute approximate surface area is 154 Å². The van der Waals surface area contributed by atoms with E-state index in [-0.39, 0.29) is 12.1 Å². The molecule has 26 heavy (non-hydrogen) atoms. The lowest BCUT2D eigenvalue weighted by Gasteiger charge is -2.24. The zero-order chi connectivity index (χ0) is 18.5. The Morgan fingerprint density at radius 3 is 2.88 bits per heavy atom. The second kappa shape index (κ2) is 8.23. The molecule has 0 aromatic heterocycles. The van der Waals surface area contributed by atoms with Crippen LogP contribution in [0.25, 0.3) is 0 Å². The molecule has 2 aromatic carbocycles. The van der Waals surface area contributed by atoms with Crippen LogP contribution in [-0.2, 0) is 17.7 Å². The van der Waals surface area contributed by atoms with Gasteiger partial charge in [0, 0.05) is 32.3 Å². The Morgan fingerprint density at radius 2 is 2.12 bits per heavy atom. The van der Waals surface area contributed by atoms with E-state index in [4.69, 9.17) is 9.47 Å². The Bertz CT molecular complexity index is 776. The molecule has 1 aliphatic heterocycles. The molecule has 5 heteroatoms. The van der Waals surface area contributed by atoms with Gasteiger partial charge in [0.05, 0.1) is 6.61 Å². The molecule has 2 amide bonds. The molecule has 1 aliphatic rings. The lowest BCUT2D eigenvalue weighted by atomic mass is 10.1. The molecule has 1 heterocycles. The van der Waals surface area contributed by atoms with Crippen molar-refractivity contribution >= 4 is 11.7 Å². The molecule has 0 spiro atoms. The van der Waals surface area contributed by atoms with Crippen LogP contribution in [0.1, 0.15) is 23.6 Å².